The monoisotopic (exact) mass is 502 g/mol. The molecule has 194 valence electrons. The maximum atomic E-state index is 13.4. The number of hydrogen-bond acceptors (Lipinski definition) is 6. The van der Waals surface area contributed by atoms with Crippen LogP contribution >= 0.6 is 0 Å². The zero-order valence-electron chi connectivity index (χ0n) is 21.1. The Kier molecular flexibility index (Phi) is 7.21. The Morgan fingerprint density at radius 3 is 2.62 bits per heavy atom. The highest BCUT2D eigenvalue weighted by atomic mass is 16.2. The highest BCUT2D eigenvalue weighted by Crippen LogP contribution is 2.41. The van der Waals surface area contributed by atoms with Gasteiger partial charge in [-0.1, -0.05) is 37.3 Å². The summed E-state index contributed by atoms with van der Waals surface area (Å²) < 4.78 is 0. The quantitative estimate of drug-likeness (QED) is 0.609. The van der Waals surface area contributed by atoms with Crippen LogP contribution in [0.4, 0.5) is 5.69 Å². The smallest absolute Gasteiger partial charge is 0.313 e. The van der Waals surface area contributed by atoms with Crippen molar-refractivity contribution in [2.75, 3.05) is 11.9 Å². The number of benzene rings is 1. The molecule has 2 fully saturated rings. The largest absolute Gasteiger partial charge is 0.366 e. The van der Waals surface area contributed by atoms with E-state index < -0.39 is 17.7 Å². The summed E-state index contributed by atoms with van der Waals surface area (Å²) in [7, 11) is 0. The fourth-order valence-corrected chi connectivity index (χ4v) is 6.14. The number of hydrogen-bond donors (Lipinski definition) is 2. The van der Waals surface area contributed by atoms with Crippen LogP contribution in [0.3, 0.4) is 0 Å². The summed E-state index contributed by atoms with van der Waals surface area (Å²) in [5.41, 5.74) is 7.01. The zero-order chi connectivity index (χ0) is 25.9. The fraction of sp³-hybridized carbons (Fsp3) is 0.464. The van der Waals surface area contributed by atoms with Crippen LogP contribution in [0.25, 0.3) is 0 Å². The van der Waals surface area contributed by atoms with Gasteiger partial charge in [0, 0.05) is 30.9 Å². The van der Waals surface area contributed by atoms with Crippen LogP contribution in [0.2, 0.25) is 0 Å². The summed E-state index contributed by atoms with van der Waals surface area (Å²) in [6.45, 7) is 3.49. The van der Waals surface area contributed by atoms with Gasteiger partial charge >= 0.3 is 11.8 Å². The van der Waals surface area contributed by atoms with E-state index >= 15 is 0 Å². The first-order valence-corrected chi connectivity index (χ1v) is 13.1. The molecule has 3 N–H and O–H groups in total. The van der Waals surface area contributed by atoms with E-state index in [1.54, 1.807) is 4.90 Å². The molecule has 1 saturated carbocycles. The fourth-order valence-electron chi connectivity index (χ4n) is 6.14. The number of primary amides is 1. The molecule has 9 nitrogen and oxygen atoms in total. The third kappa shape index (κ3) is 5.50. The lowest BCUT2D eigenvalue weighted by atomic mass is 9.72. The average molecular weight is 503 g/mol. The maximum absolute atomic E-state index is 13.4. The van der Waals surface area contributed by atoms with Crippen molar-refractivity contribution in [1.82, 2.24) is 14.9 Å². The standard InChI is InChI=1S/C28H34N6O3/c1-18-7-9-24(33(16-18)28(37)27(36)32-23-12-22(26(29)35)13-30-15-23)20-8-10-25-21(11-20)14-31-34(25)17-19-5-3-2-4-6-19/h2-6,12-15,18,20-21,24-25H,7-11,16-17H2,1H3,(H2,29,35)(H,32,36). The molecule has 5 atom stereocenters. The second kappa shape index (κ2) is 10.7. The molecule has 1 aromatic carbocycles. The predicted molar refractivity (Wildman–Crippen MR) is 140 cm³/mol. The number of anilines is 1. The molecule has 1 saturated heterocycles. The van der Waals surface area contributed by atoms with Crippen molar-refractivity contribution in [3.05, 3.63) is 59.9 Å². The molecule has 37 heavy (non-hydrogen) atoms. The van der Waals surface area contributed by atoms with Gasteiger partial charge in [0.1, 0.15) is 0 Å². The third-order valence-electron chi connectivity index (χ3n) is 8.02. The lowest BCUT2D eigenvalue weighted by Crippen LogP contribution is -2.54. The van der Waals surface area contributed by atoms with E-state index in [4.69, 9.17) is 10.8 Å². The predicted octanol–water partition coefficient (Wildman–Crippen LogP) is 3.03. The normalized spacial score (nSPS) is 27.0. The van der Waals surface area contributed by atoms with E-state index in [1.807, 2.05) is 6.07 Å². The van der Waals surface area contributed by atoms with Crippen molar-refractivity contribution in [2.45, 2.75) is 57.7 Å². The minimum absolute atomic E-state index is 0.0297. The first-order valence-electron chi connectivity index (χ1n) is 13.1. The number of nitrogens with zero attached hydrogens (tertiary/aromatic N) is 4. The Hall–Kier alpha value is -3.75. The molecule has 5 unspecified atom stereocenters. The molecule has 9 heteroatoms. The summed E-state index contributed by atoms with van der Waals surface area (Å²) in [4.78, 5) is 43.5. The number of pyridine rings is 1. The first-order chi connectivity index (χ1) is 17.9. The average Bonchev–Trinajstić information content (AvgIpc) is 3.30. The molecule has 3 heterocycles. The highest BCUT2D eigenvalue weighted by molar-refractivity contribution is 6.39. The number of carbonyl (C=O) groups is 3. The molecule has 0 spiro atoms. The molecule has 3 amide bonds. The van der Waals surface area contributed by atoms with Gasteiger partial charge in [-0.2, -0.15) is 5.10 Å². The Morgan fingerprint density at radius 1 is 1.05 bits per heavy atom. The van der Waals surface area contributed by atoms with Crippen LogP contribution in [0.5, 0.6) is 0 Å². The minimum atomic E-state index is -0.715. The Balaban J connectivity index is 1.24. The van der Waals surface area contributed by atoms with Gasteiger partial charge in [0.05, 0.1) is 30.0 Å². The van der Waals surface area contributed by atoms with Crippen LogP contribution in [0, 0.1) is 17.8 Å². The van der Waals surface area contributed by atoms with Gasteiger partial charge in [0.15, 0.2) is 0 Å². The Morgan fingerprint density at radius 2 is 1.84 bits per heavy atom. The van der Waals surface area contributed by atoms with Crippen molar-refractivity contribution in [1.29, 1.82) is 0 Å². The summed E-state index contributed by atoms with van der Waals surface area (Å²) in [6, 6.07) is 12.2. The number of aromatic nitrogens is 1. The van der Waals surface area contributed by atoms with E-state index in [9.17, 15) is 14.4 Å². The summed E-state index contributed by atoms with van der Waals surface area (Å²) in [5, 5.41) is 9.56. The minimum Gasteiger partial charge on any atom is -0.366 e. The number of hydrazone groups is 1. The lowest BCUT2D eigenvalue weighted by Gasteiger charge is -2.45. The summed E-state index contributed by atoms with van der Waals surface area (Å²) in [6.07, 6.45) is 9.74. The molecular weight excluding hydrogens is 468 g/mol. The molecule has 1 aliphatic carbocycles. The summed E-state index contributed by atoms with van der Waals surface area (Å²) >= 11 is 0. The van der Waals surface area contributed by atoms with Crippen LogP contribution in [-0.2, 0) is 16.1 Å². The second-order valence-electron chi connectivity index (χ2n) is 10.6. The number of rotatable bonds is 5. The molecule has 2 aromatic rings. The highest BCUT2D eigenvalue weighted by Gasteiger charge is 2.43. The number of fused-ring (bicyclic) bond motifs is 1. The Labute approximate surface area is 217 Å². The van der Waals surface area contributed by atoms with Crippen molar-refractivity contribution >= 4 is 29.6 Å². The van der Waals surface area contributed by atoms with Gasteiger partial charge in [-0.25, -0.2) is 0 Å². The van der Waals surface area contributed by atoms with E-state index in [-0.39, 0.29) is 17.3 Å². The molecule has 1 aromatic heterocycles. The van der Waals surface area contributed by atoms with Crippen molar-refractivity contribution in [3.63, 3.8) is 0 Å². The van der Waals surface area contributed by atoms with Gasteiger partial charge in [0.2, 0.25) is 5.91 Å². The Bertz CT molecular complexity index is 1190. The number of nitrogens with two attached hydrogens (primary N) is 1. The summed E-state index contributed by atoms with van der Waals surface area (Å²) in [5.74, 6) is -0.878. The van der Waals surface area contributed by atoms with E-state index in [1.165, 1.54) is 24.0 Å². The van der Waals surface area contributed by atoms with E-state index in [2.05, 4.69) is 52.7 Å². The number of amides is 3. The maximum Gasteiger partial charge on any atom is 0.313 e. The van der Waals surface area contributed by atoms with Crippen molar-refractivity contribution in [2.24, 2.45) is 28.6 Å². The number of carbonyl (C=O) groups excluding carboxylic acids is 3. The van der Waals surface area contributed by atoms with Crippen LogP contribution < -0.4 is 11.1 Å². The molecule has 0 bridgehead atoms. The van der Waals surface area contributed by atoms with Crippen LogP contribution in [0.15, 0.2) is 53.9 Å². The van der Waals surface area contributed by atoms with Crippen molar-refractivity contribution in [3.8, 4) is 0 Å². The van der Waals surface area contributed by atoms with Crippen molar-refractivity contribution < 1.29 is 14.4 Å². The van der Waals surface area contributed by atoms with Gasteiger partial charge < -0.3 is 16.0 Å². The number of nitrogens with one attached hydrogen (secondary N) is 1. The van der Waals surface area contributed by atoms with Gasteiger partial charge in [-0.3, -0.25) is 24.4 Å². The van der Waals surface area contributed by atoms with Gasteiger partial charge in [-0.15, -0.1) is 0 Å². The van der Waals surface area contributed by atoms with E-state index in [0.29, 0.717) is 30.3 Å². The first kappa shape index (κ1) is 24.9. The van der Waals surface area contributed by atoms with Crippen LogP contribution in [-0.4, -0.2) is 57.5 Å². The van der Waals surface area contributed by atoms with E-state index in [0.717, 1.165) is 38.6 Å². The topological polar surface area (TPSA) is 121 Å². The number of piperidine rings is 1. The molecule has 0 radical (unpaired) electrons. The molecule has 5 rings (SSSR count). The van der Waals surface area contributed by atoms with Gasteiger partial charge in [-0.05, 0) is 55.6 Å². The lowest BCUT2D eigenvalue weighted by molar-refractivity contribution is -0.148. The molecule has 2 aliphatic heterocycles. The van der Waals surface area contributed by atoms with Gasteiger partial charge in [0.25, 0.3) is 0 Å². The third-order valence-corrected chi connectivity index (χ3v) is 8.02. The SMILES string of the molecule is CC1CCC(C2CCC3C(C=NN3Cc3ccccc3)C2)N(C(=O)C(=O)Nc2cncc(C(N)=O)c2)C1. The zero-order valence-corrected chi connectivity index (χ0v) is 21.1. The van der Waals surface area contributed by atoms with Crippen LogP contribution in [0.1, 0.15) is 54.9 Å². The second-order valence-corrected chi connectivity index (χ2v) is 10.6. The molecule has 3 aliphatic rings. The molecular formula is C28H34N6O3. The number of likely N-dealkylation sites (tertiary alicyclic amines) is 1.